The number of thioether (sulfide) groups is 1. The van der Waals surface area contributed by atoms with Gasteiger partial charge < -0.3 is 0 Å². The van der Waals surface area contributed by atoms with E-state index >= 15 is 0 Å². The number of hydrogen-bond donors (Lipinski definition) is 0. The van der Waals surface area contributed by atoms with Gasteiger partial charge in [0.1, 0.15) is 0 Å². The highest BCUT2D eigenvalue weighted by Gasteiger charge is 2.68. The lowest BCUT2D eigenvalue weighted by Gasteiger charge is -2.52. The van der Waals surface area contributed by atoms with E-state index in [0.717, 1.165) is 31.1 Å². The first-order chi connectivity index (χ1) is 13.1. The van der Waals surface area contributed by atoms with Crippen LogP contribution in [0.15, 0.2) is 53.1 Å². The molecule has 1 spiro atoms. The van der Waals surface area contributed by atoms with Crippen LogP contribution in [0.2, 0.25) is 0 Å². The van der Waals surface area contributed by atoms with Crippen molar-refractivity contribution in [3.05, 3.63) is 58.7 Å². The fourth-order valence-electron chi connectivity index (χ4n) is 7.28. The minimum atomic E-state index is 0.346. The molecule has 0 amide bonds. The van der Waals surface area contributed by atoms with Crippen molar-refractivity contribution >= 4 is 17.5 Å². The lowest BCUT2D eigenvalue weighted by molar-refractivity contribution is -0.114. The van der Waals surface area contributed by atoms with E-state index in [4.69, 9.17) is 0 Å². The Morgan fingerprint density at radius 1 is 1.07 bits per heavy atom. The maximum absolute atomic E-state index is 12.1. The summed E-state index contributed by atoms with van der Waals surface area (Å²) in [5, 5.41) is 0. The summed E-state index contributed by atoms with van der Waals surface area (Å²) in [5.41, 5.74) is 6.71. The van der Waals surface area contributed by atoms with E-state index in [0.29, 0.717) is 21.9 Å². The molecule has 3 fully saturated rings. The molecule has 140 valence electrons. The maximum atomic E-state index is 12.1. The summed E-state index contributed by atoms with van der Waals surface area (Å²) < 4.78 is 0.583. The molecule has 4 aliphatic carbocycles. The number of ketones is 1. The SMILES string of the molecule is C[C@]12C[C@H](c3ccccc3)C3=C4CCC(=O)C=C4CC[C@H]3[C@@H]1CC[C@]21CS1. The Hall–Kier alpha value is -1.28. The summed E-state index contributed by atoms with van der Waals surface area (Å²) in [5.74, 6) is 3.89. The van der Waals surface area contributed by atoms with Crippen LogP contribution in [-0.2, 0) is 4.79 Å². The molecule has 1 nitrogen and oxygen atoms in total. The van der Waals surface area contributed by atoms with Crippen molar-refractivity contribution in [3.63, 3.8) is 0 Å². The fraction of sp³-hybridized carbons (Fsp3) is 0.560. The second-order valence-corrected chi connectivity index (χ2v) is 11.1. The summed E-state index contributed by atoms with van der Waals surface area (Å²) in [6.07, 6.45) is 10.3. The Balaban J connectivity index is 1.54. The monoisotopic (exact) mass is 376 g/mol. The van der Waals surface area contributed by atoms with E-state index < -0.39 is 0 Å². The Morgan fingerprint density at radius 3 is 2.67 bits per heavy atom. The smallest absolute Gasteiger partial charge is 0.156 e. The summed E-state index contributed by atoms with van der Waals surface area (Å²) in [7, 11) is 0. The zero-order valence-electron chi connectivity index (χ0n) is 16.2. The van der Waals surface area contributed by atoms with Crippen LogP contribution < -0.4 is 0 Å². The fourth-order valence-corrected chi connectivity index (χ4v) is 8.76. The number of benzene rings is 1. The van der Waals surface area contributed by atoms with Crippen LogP contribution in [-0.4, -0.2) is 16.3 Å². The van der Waals surface area contributed by atoms with Crippen molar-refractivity contribution in [2.45, 2.75) is 62.5 Å². The molecular weight excluding hydrogens is 348 g/mol. The molecule has 6 rings (SSSR count). The first kappa shape index (κ1) is 16.7. The van der Waals surface area contributed by atoms with E-state index in [1.54, 1.807) is 11.1 Å². The number of carbonyl (C=O) groups excluding carboxylic acids is 1. The van der Waals surface area contributed by atoms with Crippen LogP contribution in [0.3, 0.4) is 0 Å². The zero-order chi connectivity index (χ0) is 18.2. The maximum Gasteiger partial charge on any atom is 0.156 e. The third kappa shape index (κ3) is 2.23. The van der Waals surface area contributed by atoms with Gasteiger partial charge in [-0.25, -0.2) is 0 Å². The molecule has 0 aromatic heterocycles. The average Bonchev–Trinajstić information content (AvgIpc) is 3.42. The first-order valence-electron chi connectivity index (χ1n) is 10.8. The second-order valence-electron chi connectivity index (χ2n) is 9.73. The number of carbonyl (C=O) groups is 1. The van der Waals surface area contributed by atoms with Crippen molar-refractivity contribution in [1.82, 2.24) is 0 Å². The highest BCUT2D eigenvalue weighted by molar-refractivity contribution is 8.08. The largest absolute Gasteiger partial charge is 0.295 e. The van der Waals surface area contributed by atoms with Crippen molar-refractivity contribution in [2.75, 3.05) is 5.75 Å². The third-order valence-electron chi connectivity index (χ3n) is 8.72. The highest BCUT2D eigenvalue weighted by atomic mass is 32.2. The number of rotatable bonds is 1. The van der Waals surface area contributed by atoms with Gasteiger partial charge >= 0.3 is 0 Å². The van der Waals surface area contributed by atoms with Gasteiger partial charge in [0.25, 0.3) is 0 Å². The van der Waals surface area contributed by atoms with Crippen LogP contribution in [0.4, 0.5) is 0 Å². The van der Waals surface area contributed by atoms with Crippen LogP contribution >= 0.6 is 11.8 Å². The molecule has 1 aromatic carbocycles. The van der Waals surface area contributed by atoms with Crippen LogP contribution in [0, 0.1) is 17.3 Å². The van der Waals surface area contributed by atoms with Gasteiger partial charge in [-0.1, -0.05) is 42.8 Å². The molecule has 1 heterocycles. The normalized spacial score (nSPS) is 42.5. The molecule has 1 aliphatic heterocycles. The number of allylic oxidation sites excluding steroid dienone is 4. The second kappa shape index (κ2) is 5.63. The molecule has 0 N–H and O–H groups in total. The Labute approximate surface area is 166 Å². The quantitative estimate of drug-likeness (QED) is 0.553. The van der Waals surface area contributed by atoms with Gasteiger partial charge in [-0.3, -0.25) is 4.79 Å². The van der Waals surface area contributed by atoms with E-state index in [-0.39, 0.29) is 0 Å². The van der Waals surface area contributed by atoms with Gasteiger partial charge in [0.05, 0.1) is 0 Å². The van der Waals surface area contributed by atoms with Gasteiger partial charge in [-0.05, 0) is 78.6 Å². The van der Waals surface area contributed by atoms with Gasteiger partial charge in [-0.15, -0.1) is 0 Å². The van der Waals surface area contributed by atoms with Gasteiger partial charge in [0, 0.05) is 22.8 Å². The predicted octanol–water partition coefficient (Wildman–Crippen LogP) is 6.07. The molecule has 0 bridgehead atoms. The molecule has 27 heavy (non-hydrogen) atoms. The van der Waals surface area contributed by atoms with Crippen LogP contribution in [0.5, 0.6) is 0 Å². The molecule has 1 aromatic rings. The molecule has 0 unspecified atom stereocenters. The Bertz CT molecular complexity index is 875. The minimum Gasteiger partial charge on any atom is -0.295 e. The topological polar surface area (TPSA) is 17.1 Å². The van der Waals surface area contributed by atoms with E-state index in [9.17, 15) is 4.79 Å². The van der Waals surface area contributed by atoms with Gasteiger partial charge in [0.15, 0.2) is 5.78 Å². The van der Waals surface area contributed by atoms with E-state index in [1.807, 2.05) is 6.08 Å². The summed E-state index contributed by atoms with van der Waals surface area (Å²) in [4.78, 5) is 12.1. The molecule has 2 saturated carbocycles. The van der Waals surface area contributed by atoms with Crippen LogP contribution in [0.1, 0.15) is 63.4 Å². The zero-order valence-corrected chi connectivity index (χ0v) is 17.0. The lowest BCUT2D eigenvalue weighted by atomic mass is 9.52. The van der Waals surface area contributed by atoms with Crippen LogP contribution in [0.25, 0.3) is 0 Å². The van der Waals surface area contributed by atoms with Gasteiger partial charge in [-0.2, -0.15) is 11.8 Å². The van der Waals surface area contributed by atoms with Crippen molar-refractivity contribution in [1.29, 1.82) is 0 Å². The molecule has 2 heteroatoms. The average molecular weight is 377 g/mol. The lowest BCUT2D eigenvalue weighted by Crippen LogP contribution is -2.46. The number of fused-ring (bicyclic) bond motifs is 5. The van der Waals surface area contributed by atoms with E-state index in [2.05, 4.69) is 49.0 Å². The van der Waals surface area contributed by atoms with Crippen molar-refractivity contribution < 1.29 is 4.79 Å². The molecule has 5 aliphatic rings. The minimum absolute atomic E-state index is 0.346. The van der Waals surface area contributed by atoms with Gasteiger partial charge in [0.2, 0.25) is 0 Å². The summed E-state index contributed by atoms with van der Waals surface area (Å²) in [6, 6.07) is 11.3. The standard InChI is InChI=1S/C25H28OS/c1-24-14-21(16-5-3-2-4-6-16)23-19-10-8-18(26)13-17(19)7-9-20(23)22(24)11-12-25(24)15-27-25/h2-6,13,20-22H,7-12,14-15H2,1H3/t20-,21+,22-,24-,25-/m0/s1. The first-order valence-corrected chi connectivity index (χ1v) is 11.8. The van der Waals surface area contributed by atoms with Crippen molar-refractivity contribution in [2.24, 2.45) is 17.3 Å². The molecule has 5 atom stereocenters. The highest BCUT2D eigenvalue weighted by Crippen LogP contribution is 2.75. The molecular formula is C25H28OS. The summed E-state index contributed by atoms with van der Waals surface area (Å²) in [6.45, 7) is 2.64. The van der Waals surface area contributed by atoms with Crippen molar-refractivity contribution in [3.8, 4) is 0 Å². The number of hydrogen-bond acceptors (Lipinski definition) is 2. The Kier molecular flexibility index (Phi) is 3.47. The third-order valence-corrected chi connectivity index (χ3v) is 10.4. The molecule has 1 saturated heterocycles. The summed E-state index contributed by atoms with van der Waals surface area (Å²) >= 11 is 2.25. The molecule has 0 radical (unpaired) electrons. The predicted molar refractivity (Wildman–Crippen MR) is 112 cm³/mol. The van der Waals surface area contributed by atoms with E-state index in [1.165, 1.54) is 42.6 Å². The Morgan fingerprint density at radius 2 is 1.89 bits per heavy atom.